The molecule has 1 N–H and O–H groups in total. The van der Waals surface area contributed by atoms with Crippen molar-refractivity contribution < 1.29 is 9.90 Å². The van der Waals surface area contributed by atoms with Crippen molar-refractivity contribution in [2.75, 3.05) is 0 Å². The summed E-state index contributed by atoms with van der Waals surface area (Å²) in [4.78, 5) is 12.8. The Hall–Kier alpha value is -0.630. The Bertz CT molecular complexity index is 761. The van der Waals surface area contributed by atoms with Gasteiger partial charge in [-0.15, -0.1) is 0 Å². The van der Waals surface area contributed by atoms with Crippen LogP contribution in [0, 0.1) is 51.8 Å². The molecule has 31 heavy (non-hydrogen) atoms. The third-order valence-corrected chi connectivity index (χ3v) is 11.4. The molecule has 0 radical (unpaired) electrons. The molecule has 5 aliphatic carbocycles. The number of rotatable bonds is 5. The van der Waals surface area contributed by atoms with E-state index >= 15 is 0 Å². The van der Waals surface area contributed by atoms with E-state index in [0.717, 1.165) is 43.4 Å². The number of Topliss-reactive ketones (excluding diaryl/α,β-unsaturated/α-hetero) is 1. The lowest BCUT2D eigenvalue weighted by Crippen LogP contribution is -2.56. The summed E-state index contributed by atoms with van der Waals surface area (Å²) in [5.74, 6) is 4.53. The van der Waals surface area contributed by atoms with Crippen molar-refractivity contribution in [2.24, 2.45) is 51.8 Å². The van der Waals surface area contributed by atoms with Gasteiger partial charge in [-0.3, -0.25) is 4.79 Å². The number of fused-ring (bicyclic) bond motifs is 6. The number of hydrogen-bond acceptors (Lipinski definition) is 2. The Balaban J connectivity index is 1.40. The first-order valence-corrected chi connectivity index (χ1v) is 13.6. The number of ketones is 1. The van der Waals surface area contributed by atoms with E-state index in [1.54, 1.807) is 0 Å². The summed E-state index contributed by atoms with van der Waals surface area (Å²) in [6.07, 6.45) is 15.1. The van der Waals surface area contributed by atoms with Crippen LogP contribution in [-0.2, 0) is 4.79 Å². The van der Waals surface area contributed by atoms with E-state index in [2.05, 4.69) is 40.7 Å². The molecule has 0 aromatic rings. The van der Waals surface area contributed by atoms with Crippen molar-refractivity contribution in [1.82, 2.24) is 0 Å². The summed E-state index contributed by atoms with van der Waals surface area (Å²) in [6.45, 7) is 12.3. The van der Waals surface area contributed by atoms with Crippen LogP contribution in [0.1, 0.15) is 105 Å². The molecule has 0 bridgehead atoms. The number of carbonyl (C=O) groups is 1. The van der Waals surface area contributed by atoms with Crippen LogP contribution in [0.15, 0.2) is 11.6 Å². The van der Waals surface area contributed by atoms with Crippen molar-refractivity contribution in [3.8, 4) is 0 Å². The van der Waals surface area contributed by atoms with E-state index in [1.807, 2.05) is 0 Å². The molecular weight excluding hydrogens is 380 g/mol. The van der Waals surface area contributed by atoms with E-state index in [9.17, 15) is 9.90 Å². The highest BCUT2D eigenvalue weighted by molar-refractivity contribution is 5.92. The Morgan fingerprint density at radius 2 is 1.74 bits per heavy atom. The monoisotopic (exact) mass is 426 g/mol. The third-order valence-electron chi connectivity index (χ3n) is 11.4. The number of aliphatic hydroxyl groups is 1. The SMILES string of the molecule is CC(C)CCC[C@@H](C)[C@H]1CC[C@H]2[C@@H]3[C@H](O)C=C4C5(CC5)C(=O)CC[C@]4(C)[C@H]3CC[C@]12C. The second-order valence-corrected chi connectivity index (χ2v) is 13.3. The Morgan fingerprint density at radius 1 is 1.00 bits per heavy atom. The Labute approximate surface area is 190 Å². The molecule has 8 atom stereocenters. The minimum atomic E-state index is -0.337. The molecule has 4 saturated carbocycles. The van der Waals surface area contributed by atoms with Crippen molar-refractivity contribution in [2.45, 2.75) is 111 Å². The summed E-state index contributed by atoms with van der Waals surface area (Å²) < 4.78 is 0. The van der Waals surface area contributed by atoms with Gasteiger partial charge in [-0.1, -0.05) is 65.5 Å². The number of aliphatic hydroxyl groups excluding tert-OH is 1. The van der Waals surface area contributed by atoms with Gasteiger partial charge in [0, 0.05) is 6.42 Å². The summed E-state index contributed by atoms with van der Waals surface area (Å²) in [6, 6.07) is 0. The second kappa shape index (κ2) is 7.44. The minimum absolute atomic E-state index is 0.149. The fourth-order valence-electron chi connectivity index (χ4n) is 9.57. The van der Waals surface area contributed by atoms with Gasteiger partial charge in [0.15, 0.2) is 0 Å². The zero-order chi connectivity index (χ0) is 22.2. The van der Waals surface area contributed by atoms with Crippen molar-refractivity contribution in [3.05, 3.63) is 11.6 Å². The van der Waals surface area contributed by atoms with Gasteiger partial charge in [-0.2, -0.15) is 0 Å². The Morgan fingerprint density at radius 3 is 2.42 bits per heavy atom. The Kier molecular flexibility index (Phi) is 5.32. The van der Waals surface area contributed by atoms with E-state index < -0.39 is 0 Å². The highest BCUT2D eigenvalue weighted by Crippen LogP contribution is 2.72. The average molecular weight is 427 g/mol. The van der Waals surface area contributed by atoms with Crippen molar-refractivity contribution in [3.63, 3.8) is 0 Å². The fraction of sp³-hybridized carbons (Fsp3) is 0.897. The van der Waals surface area contributed by atoms with Crippen LogP contribution < -0.4 is 0 Å². The highest BCUT2D eigenvalue weighted by atomic mass is 16.3. The van der Waals surface area contributed by atoms with Crippen LogP contribution in [0.25, 0.3) is 0 Å². The quantitative estimate of drug-likeness (QED) is 0.483. The second-order valence-electron chi connectivity index (χ2n) is 13.3. The third kappa shape index (κ3) is 3.17. The molecule has 174 valence electrons. The number of hydrogen-bond donors (Lipinski definition) is 1. The van der Waals surface area contributed by atoms with E-state index in [4.69, 9.17) is 0 Å². The van der Waals surface area contributed by atoms with Gasteiger partial charge in [0.1, 0.15) is 5.78 Å². The van der Waals surface area contributed by atoms with Gasteiger partial charge in [0.2, 0.25) is 0 Å². The molecule has 0 heterocycles. The molecule has 0 amide bonds. The molecular formula is C29H46O2. The van der Waals surface area contributed by atoms with E-state index in [0.29, 0.717) is 29.0 Å². The first-order chi connectivity index (χ1) is 14.6. The molecule has 2 heteroatoms. The topological polar surface area (TPSA) is 37.3 Å². The molecule has 0 aromatic carbocycles. The number of carbonyl (C=O) groups excluding carboxylic acids is 1. The van der Waals surface area contributed by atoms with Crippen LogP contribution in [0.3, 0.4) is 0 Å². The largest absolute Gasteiger partial charge is 0.389 e. The van der Waals surface area contributed by atoms with E-state index in [1.165, 1.54) is 50.5 Å². The minimum Gasteiger partial charge on any atom is -0.389 e. The molecule has 5 aliphatic rings. The number of allylic oxidation sites excluding steroid dienone is 1. The maximum Gasteiger partial charge on any atom is 0.143 e. The smallest absolute Gasteiger partial charge is 0.143 e. The molecule has 0 aromatic heterocycles. The molecule has 1 spiro atoms. The average Bonchev–Trinajstić information content (AvgIpc) is 3.42. The zero-order valence-corrected chi connectivity index (χ0v) is 20.8. The fourth-order valence-corrected chi connectivity index (χ4v) is 9.57. The maximum absolute atomic E-state index is 12.8. The van der Waals surface area contributed by atoms with Crippen LogP contribution in [0.4, 0.5) is 0 Å². The van der Waals surface area contributed by atoms with Gasteiger partial charge in [0.25, 0.3) is 0 Å². The molecule has 2 nitrogen and oxygen atoms in total. The molecule has 0 unspecified atom stereocenters. The summed E-state index contributed by atoms with van der Waals surface area (Å²) in [7, 11) is 0. The highest BCUT2D eigenvalue weighted by Gasteiger charge is 2.66. The van der Waals surface area contributed by atoms with Crippen LogP contribution in [-0.4, -0.2) is 17.0 Å². The van der Waals surface area contributed by atoms with E-state index in [-0.39, 0.29) is 16.9 Å². The van der Waals surface area contributed by atoms with Crippen LogP contribution >= 0.6 is 0 Å². The van der Waals surface area contributed by atoms with Gasteiger partial charge in [0.05, 0.1) is 11.5 Å². The van der Waals surface area contributed by atoms with Gasteiger partial charge >= 0.3 is 0 Å². The van der Waals surface area contributed by atoms with Crippen molar-refractivity contribution >= 4 is 5.78 Å². The molecule has 5 rings (SSSR count). The molecule has 0 aliphatic heterocycles. The lowest BCUT2D eigenvalue weighted by atomic mass is 9.45. The normalized spacial score (nSPS) is 46.4. The summed E-state index contributed by atoms with van der Waals surface area (Å²) in [5.41, 5.74) is 1.74. The lowest BCUT2D eigenvalue weighted by Gasteiger charge is -2.60. The maximum atomic E-state index is 12.8. The predicted octanol–water partition coefficient (Wildman–Crippen LogP) is 6.96. The van der Waals surface area contributed by atoms with Crippen LogP contribution in [0.2, 0.25) is 0 Å². The van der Waals surface area contributed by atoms with Crippen molar-refractivity contribution in [1.29, 1.82) is 0 Å². The van der Waals surface area contributed by atoms with Crippen LogP contribution in [0.5, 0.6) is 0 Å². The van der Waals surface area contributed by atoms with Gasteiger partial charge < -0.3 is 5.11 Å². The van der Waals surface area contributed by atoms with Gasteiger partial charge in [-0.25, -0.2) is 0 Å². The van der Waals surface area contributed by atoms with Gasteiger partial charge in [-0.05, 0) is 91.3 Å². The summed E-state index contributed by atoms with van der Waals surface area (Å²) >= 11 is 0. The first kappa shape index (κ1) is 22.2. The predicted molar refractivity (Wildman–Crippen MR) is 126 cm³/mol. The molecule has 4 fully saturated rings. The zero-order valence-electron chi connectivity index (χ0n) is 20.8. The molecule has 0 saturated heterocycles. The standard InChI is InChI=1S/C29H46O2/c1-18(2)7-6-8-19(3)20-9-10-21-26-22(11-13-27(20,21)4)28(5)14-12-25(31)29(15-16-29)24(28)17-23(26)30/h17-23,26,30H,6-16H2,1-5H3/t19-,20-,21+,22+,23-,26+,27-,28-/m1/s1. The lowest BCUT2D eigenvalue weighted by molar-refractivity contribution is -0.131. The first-order valence-electron chi connectivity index (χ1n) is 13.6. The summed E-state index contributed by atoms with van der Waals surface area (Å²) in [5, 5.41) is 11.5.